The van der Waals surface area contributed by atoms with Crippen molar-refractivity contribution in [3.8, 4) is 0 Å². The van der Waals surface area contributed by atoms with Gasteiger partial charge in [0.05, 0.1) is 12.3 Å². The molecule has 5 heteroatoms. The lowest BCUT2D eigenvalue weighted by Crippen LogP contribution is -2.17. The second-order valence-corrected chi connectivity index (χ2v) is 4.71. The molecule has 0 aromatic carbocycles. The van der Waals surface area contributed by atoms with Crippen LogP contribution in [0.25, 0.3) is 0 Å². The summed E-state index contributed by atoms with van der Waals surface area (Å²) in [5.74, 6) is 0.103. The molecule has 1 heterocycles. The molecule has 2 rings (SSSR count). The first-order chi connectivity index (χ1) is 8.16. The maximum atomic E-state index is 11.7. The Morgan fingerprint density at radius 1 is 1.53 bits per heavy atom. The van der Waals surface area contributed by atoms with Crippen LogP contribution in [-0.2, 0) is 11.8 Å². The summed E-state index contributed by atoms with van der Waals surface area (Å²) in [5.41, 5.74) is 6.27. The quantitative estimate of drug-likeness (QED) is 0.813. The first-order valence-corrected chi connectivity index (χ1v) is 6.13. The van der Waals surface area contributed by atoms with E-state index >= 15 is 0 Å². The van der Waals surface area contributed by atoms with Crippen LogP contribution in [0.1, 0.15) is 42.6 Å². The van der Waals surface area contributed by atoms with E-state index in [0.717, 1.165) is 12.8 Å². The number of anilines is 1. The first-order valence-electron chi connectivity index (χ1n) is 6.13. The average molecular weight is 237 g/mol. The predicted octanol–water partition coefficient (Wildman–Crippen LogP) is 1.74. The Kier molecular flexibility index (Phi) is 3.66. The summed E-state index contributed by atoms with van der Waals surface area (Å²) in [6.07, 6.45) is 7.71. The number of nitrogens with two attached hydrogens (primary N) is 1. The molecule has 2 N–H and O–H groups in total. The zero-order valence-corrected chi connectivity index (χ0v) is 10.2. The molecule has 0 amide bonds. The number of hydrogen-bond donors (Lipinski definition) is 1. The zero-order chi connectivity index (χ0) is 12.3. The molecule has 1 saturated carbocycles. The Hall–Kier alpha value is -1.52. The van der Waals surface area contributed by atoms with Gasteiger partial charge in [-0.15, -0.1) is 0 Å². The molecule has 0 atom stereocenters. The van der Waals surface area contributed by atoms with E-state index in [1.54, 1.807) is 13.2 Å². The number of nitrogen functional groups attached to an aromatic ring is 1. The first kappa shape index (κ1) is 12.0. The van der Waals surface area contributed by atoms with Gasteiger partial charge in [0, 0.05) is 13.2 Å². The van der Waals surface area contributed by atoms with Gasteiger partial charge in [0.15, 0.2) is 5.69 Å². The fraction of sp³-hybridized carbons (Fsp3) is 0.667. The molecule has 1 aliphatic carbocycles. The fourth-order valence-corrected chi connectivity index (χ4v) is 2.28. The number of hydrogen-bond acceptors (Lipinski definition) is 4. The standard InChI is InChI=1S/C12H19N3O2/c1-15-7-10(13)11(14-15)12(16)17-8-9-5-3-2-4-6-9/h7,9H,2-6,8,13H2,1H3. The smallest absolute Gasteiger partial charge is 0.361 e. The van der Waals surface area contributed by atoms with Crippen LogP contribution in [0.15, 0.2) is 6.20 Å². The van der Waals surface area contributed by atoms with E-state index in [2.05, 4.69) is 5.10 Å². The molecule has 1 aliphatic rings. The van der Waals surface area contributed by atoms with Crippen molar-refractivity contribution in [1.29, 1.82) is 0 Å². The largest absolute Gasteiger partial charge is 0.461 e. The summed E-state index contributed by atoms with van der Waals surface area (Å²) in [5, 5.41) is 3.99. The van der Waals surface area contributed by atoms with Crippen LogP contribution in [0.2, 0.25) is 0 Å². The Labute approximate surface area is 101 Å². The second-order valence-electron chi connectivity index (χ2n) is 4.71. The van der Waals surface area contributed by atoms with Crippen molar-refractivity contribution in [2.75, 3.05) is 12.3 Å². The lowest BCUT2D eigenvalue weighted by Gasteiger charge is -2.20. The second kappa shape index (κ2) is 5.21. The molecule has 0 unspecified atom stereocenters. The molecule has 0 aliphatic heterocycles. The van der Waals surface area contributed by atoms with Crippen LogP contribution in [0.4, 0.5) is 5.69 Å². The van der Waals surface area contributed by atoms with E-state index in [0.29, 0.717) is 18.2 Å². The van der Waals surface area contributed by atoms with E-state index in [4.69, 9.17) is 10.5 Å². The van der Waals surface area contributed by atoms with Gasteiger partial charge in [0.25, 0.3) is 0 Å². The summed E-state index contributed by atoms with van der Waals surface area (Å²) in [6.45, 7) is 0.495. The van der Waals surface area contributed by atoms with E-state index < -0.39 is 5.97 Å². The highest BCUT2D eigenvalue weighted by molar-refractivity contribution is 5.92. The highest BCUT2D eigenvalue weighted by Crippen LogP contribution is 2.24. The molecule has 0 saturated heterocycles. The van der Waals surface area contributed by atoms with Crippen LogP contribution in [0, 0.1) is 5.92 Å². The lowest BCUT2D eigenvalue weighted by atomic mass is 9.90. The number of ether oxygens (including phenoxy) is 1. The van der Waals surface area contributed by atoms with Crippen LogP contribution < -0.4 is 5.73 Å². The molecule has 0 spiro atoms. The third-order valence-electron chi connectivity index (χ3n) is 3.23. The molecule has 0 bridgehead atoms. The van der Waals surface area contributed by atoms with Crippen molar-refractivity contribution < 1.29 is 9.53 Å². The fourth-order valence-electron chi connectivity index (χ4n) is 2.28. The minimum Gasteiger partial charge on any atom is -0.461 e. The summed E-state index contributed by atoms with van der Waals surface area (Å²) in [7, 11) is 1.73. The van der Waals surface area contributed by atoms with Crippen molar-refractivity contribution in [3.63, 3.8) is 0 Å². The van der Waals surface area contributed by atoms with E-state index in [-0.39, 0.29) is 5.69 Å². The topological polar surface area (TPSA) is 70.1 Å². The zero-order valence-electron chi connectivity index (χ0n) is 10.2. The maximum Gasteiger partial charge on any atom is 0.361 e. The van der Waals surface area contributed by atoms with Gasteiger partial charge < -0.3 is 10.5 Å². The van der Waals surface area contributed by atoms with Gasteiger partial charge in [-0.05, 0) is 18.8 Å². The van der Waals surface area contributed by atoms with Crippen LogP contribution in [0.3, 0.4) is 0 Å². The predicted molar refractivity (Wildman–Crippen MR) is 64.5 cm³/mol. The molecule has 5 nitrogen and oxygen atoms in total. The number of rotatable bonds is 3. The van der Waals surface area contributed by atoms with Gasteiger partial charge in [-0.3, -0.25) is 4.68 Å². The highest BCUT2D eigenvalue weighted by atomic mass is 16.5. The Bertz CT molecular complexity index is 394. The number of nitrogens with zero attached hydrogens (tertiary/aromatic N) is 2. The minimum absolute atomic E-state index is 0.225. The molecule has 0 radical (unpaired) electrons. The summed E-state index contributed by atoms with van der Waals surface area (Å²) < 4.78 is 6.79. The van der Waals surface area contributed by atoms with Crippen molar-refractivity contribution in [1.82, 2.24) is 9.78 Å². The van der Waals surface area contributed by atoms with Crippen LogP contribution in [0.5, 0.6) is 0 Å². The van der Waals surface area contributed by atoms with Crippen molar-refractivity contribution in [3.05, 3.63) is 11.9 Å². The Balaban J connectivity index is 1.86. The lowest BCUT2D eigenvalue weighted by molar-refractivity contribution is 0.0404. The van der Waals surface area contributed by atoms with Gasteiger partial charge >= 0.3 is 5.97 Å². The number of esters is 1. The number of carbonyl (C=O) groups excluding carboxylic acids is 1. The van der Waals surface area contributed by atoms with E-state index in [1.165, 1.54) is 23.9 Å². The maximum absolute atomic E-state index is 11.7. The third kappa shape index (κ3) is 2.99. The molecular weight excluding hydrogens is 218 g/mol. The van der Waals surface area contributed by atoms with Gasteiger partial charge in [-0.25, -0.2) is 4.79 Å². The van der Waals surface area contributed by atoms with E-state index in [9.17, 15) is 4.79 Å². The summed E-state index contributed by atoms with van der Waals surface area (Å²) in [4.78, 5) is 11.7. The third-order valence-corrected chi connectivity index (χ3v) is 3.23. The SMILES string of the molecule is Cn1cc(N)c(C(=O)OCC2CCCCC2)n1. The van der Waals surface area contributed by atoms with Gasteiger partial charge in [0.2, 0.25) is 0 Å². The summed E-state index contributed by atoms with van der Waals surface area (Å²) >= 11 is 0. The van der Waals surface area contributed by atoms with E-state index in [1.807, 2.05) is 0 Å². The van der Waals surface area contributed by atoms with Crippen molar-refractivity contribution >= 4 is 11.7 Å². The Morgan fingerprint density at radius 2 is 2.24 bits per heavy atom. The normalized spacial score (nSPS) is 17.0. The molecule has 1 fully saturated rings. The molecule has 94 valence electrons. The molecule has 1 aromatic heterocycles. The molecule has 17 heavy (non-hydrogen) atoms. The summed E-state index contributed by atoms with van der Waals surface area (Å²) in [6, 6.07) is 0. The average Bonchev–Trinajstić information content (AvgIpc) is 2.67. The van der Waals surface area contributed by atoms with Crippen molar-refractivity contribution in [2.45, 2.75) is 32.1 Å². The number of aromatic nitrogens is 2. The Morgan fingerprint density at radius 3 is 2.82 bits per heavy atom. The minimum atomic E-state index is -0.409. The highest BCUT2D eigenvalue weighted by Gasteiger charge is 2.19. The van der Waals surface area contributed by atoms with Crippen molar-refractivity contribution in [2.24, 2.45) is 13.0 Å². The molecular formula is C12H19N3O2. The van der Waals surface area contributed by atoms with Gasteiger partial charge in [0.1, 0.15) is 0 Å². The molecule has 1 aromatic rings. The van der Waals surface area contributed by atoms with Gasteiger partial charge in [-0.1, -0.05) is 19.3 Å². The van der Waals surface area contributed by atoms with Gasteiger partial charge in [-0.2, -0.15) is 5.10 Å². The monoisotopic (exact) mass is 237 g/mol. The van der Waals surface area contributed by atoms with Crippen LogP contribution in [-0.4, -0.2) is 22.4 Å². The van der Waals surface area contributed by atoms with Crippen LogP contribution >= 0.6 is 0 Å². The number of carbonyl (C=O) groups is 1. The number of aryl methyl sites for hydroxylation is 1.